The van der Waals surface area contributed by atoms with Gasteiger partial charge in [0.05, 0.1) is 11.0 Å². The third-order valence-corrected chi connectivity index (χ3v) is 4.22. The lowest BCUT2D eigenvalue weighted by atomic mass is 10.1. The Labute approximate surface area is 155 Å². The highest BCUT2D eigenvalue weighted by molar-refractivity contribution is 6.30. The second kappa shape index (κ2) is 7.63. The van der Waals surface area contributed by atoms with Crippen molar-refractivity contribution in [2.45, 2.75) is 25.9 Å². The highest BCUT2D eigenvalue weighted by Gasteiger charge is 2.18. The molecular formula is C18H17ClN4O3. The van der Waals surface area contributed by atoms with Gasteiger partial charge in [-0.15, -0.1) is 10.2 Å². The van der Waals surface area contributed by atoms with Gasteiger partial charge in [-0.3, -0.25) is 15.4 Å². The lowest BCUT2D eigenvalue weighted by Crippen LogP contribution is -2.22. The van der Waals surface area contributed by atoms with Crippen molar-refractivity contribution in [2.24, 2.45) is 0 Å². The van der Waals surface area contributed by atoms with E-state index < -0.39 is 4.92 Å². The van der Waals surface area contributed by atoms with Crippen LogP contribution in [0.1, 0.15) is 37.4 Å². The van der Waals surface area contributed by atoms with Crippen LogP contribution in [-0.2, 0) is 0 Å². The van der Waals surface area contributed by atoms with E-state index in [0.717, 1.165) is 5.56 Å². The molecule has 1 aromatic heterocycles. The molecule has 0 aliphatic carbocycles. The highest BCUT2D eigenvalue weighted by Crippen LogP contribution is 2.25. The average Bonchev–Trinajstić information content (AvgIpc) is 3.12. The van der Waals surface area contributed by atoms with E-state index >= 15 is 0 Å². The molecule has 1 heterocycles. The number of halogens is 1. The number of nitrogens with zero attached hydrogens (tertiary/aromatic N) is 3. The van der Waals surface area contributed by atoms with Crippen LogP contribution in [-0.4, -0.2) is 15.1 Å². The van der Waals surface area contributed by atoms with Crippen molar-refractivity contribution in [2.75, 3.05) is 0 Å². The van der Waals surface area contributed by atoms with Gasteiger partial charge in [0.2, 0.25) is 11.8 Å². The summed E-state index contributed by atoms with van der Waals surface area (Å²) in [6.45, 7) is 3.95. The Morgan fingerprint density at radius 1 is 1.12 bits per heavy atom. The summed E-state index contributed by atoms with van der Waals surface area (Å²) in [6, 6.07) is 13.5. The van der Waals surface area contributed by atoms with Crippen molar-refractivity contribution in [1.29, 1.82) is 0 Å². The zero-order valence-electron chi connectivity index (χ0n) is 14.2. The number of hydrogen-bond donors (Lipinski definition) is 1. The minimum atomic E-state index is -0.452. The van der Waals surface area contributed by atoms with E-state index in [4.69, 9.17) is 16.0 Å². The van der Waals surface area contributed by atoms with Crippen LogP contribution in [0.5, 0.6) is 0 Å². The van der Waals surface area contributed by atoms with E-state index in [2.05, 4.69) is 15.5 Å². The molecule has 1 N–H and O–H groups in total. The predicted molar refractivity (Wildman–Crippen MR) is 97.8 cm³/mol. The summed E-state index contributed by atoms with van der Waals surface area (Å²) in [5.74, 6) is 0.756. The summed E-state index contributed by atoms with van der Waals surface area (Å²) in [4.78, 5) is 10.3. The molecule has 2 aromatic carbocycles. The number of nitro groups is 1. The molecule has 7 nitrogen and oxygen atoms in total. The van der Waals surface area contributed by atoms with E-state index in [-0.39, 0.29) is 17.8 Å². The summed E-state index contributed by atoms with van der Waals surface area (Å²) in [5.41, 5.74) is 1.70. The first-order valence-corrected chi connectivity index (χ1v) is 8.41. The lowest BCUT2D eigenvalue weighted by Gasteiger charge is -2.18. The number of nitro benzene ring substituents is 1. The number of benzene rings is 2. The molecule has 0 fully saturated rings. The molecule has 0 saturated heterocycles. The Morgan fingerprint density at radius 3 is 2.50 bits per heavy atom. The minimum absolute atomic E-state index is 0.0128. The van der Waals surface area contributed by atoms with E-state index in [1.807, 2.05) is 38.1 Å². The molecule has 0 unspecified atom stereocenters. The zero-order valence-corrected chi connectivity index (χ0v) is 15.0. The fraction of sp³-hybridized carbons (Fsp3) is 0.222. The maximum Gasteiger partial charge on any atom is 0.269 e. The number of hydrogen-bond acceptors (Lipinski definition) is 6. The summed E-state index contributed by atoms with van der Waals surface area (Å²) >= 11 is 6.03. The monoisotopic (exact) mass is 372 g/mol. The lowest BCUT2D eigenvalue weighted by molar-refractivity contribution is -0.384. The van der Waals surface area contributed by atoms with Gasteiger partial charge < -0.3 is 4.42 Å². The van der Waals surface area contributed by atoms with E-state index in [1.54, 1.807) is 12.1 Å². The second-order valence-corrected chi connectivity index (χ2v) is 6.35. The molecule has 26 heavy (non-hydrogen) atoms. The van der Waals surface area contributed by atoms with Crippen molar-refractivity contribution >= 4 is 17.3 Å². The molecular weight excluding hydrogens is 356 g/mol. The number of rotatable bonds is 6. The molecule has 0 spiro atoms. The molecule has 3 rings (SSSR count). The fourth-order valence-electron chi connectivity index (χ4n) is 2.57. The van der Waals surface area contributed by atoms with Crippen LogP contribution >= 0.6 is 11.6 Å². The standard InChI is InChI=1S/C18H17ClN4O3/c1-11(14-4-3-5-15(19)10-14)20-12(2)17-21-22-18(26-17)13-6-8-16(9-7-13)23(24)25/h3-12,20H,1-2H3/t11-,12-/m0/s1. The summed E-state index contributed by atoms with van der Waals surface area (Å²) < 4.78 is 5.71. The maximum absolute atomic E-state index is 10.7. The van der Waals surface area contributed by atoms with Crippen molar-refractivity contribution in [1.82, 2.24) is 15.5 Å². The van der Waals surface area contributed by atoms with Gasteiger partial charge in [0, 0.05) is 28.8 Å². The van der Waals surface area contributed by atoms with Crippen LogP contribution in [0.15, 0.2) is 52.9 Å². The smallest absolute Gasteiger partial charge is 0.269 e. The summed E-state index contributed by atoms with van der Waals surface area (Å²) in [7, 11) is 0. The Morgan fingerprint density at radius 2 is 1.85 bits per heavy atom. The molecule has 8 heteroatoms. The van der Waals surface area contributed by atoms with Gasteiger partial charge in [0.25, 0.3) is 5.69 Å². The van der Waals surface area contributed by atoms with Crippen LogP contribution in [0.2, 0.25) is 5.02 Å². The first-order valence-electron chi connectivity index (χ1n) is 8.04. The van der Waals surface area contributed by atoms with Crippen LogP contribution in [0, 0.1) is 10.1 Å². The van der Waals surface area contributed by atoms with Crippen molar-refractivity contribution in [3.05, 3.63) is 75.1 Å². The highest BCUT2D eigenvalue weighted by atomic mass is 35.5. The van der Waals surface area contributed by atoms with Crippen molar-refractivity contribution in [3.8, 4) is 11.5 Å². The molecule has 134 valence electrons. The van der Waals surface area contributed by atoms with Gasteiger partial charge in [-0.25, -0.2) is 0 Å². The molecule has 0 saturated carbocycles. The Bertz CT molecular complexity index is 911. The largest absolute Gasteiger partial charge is 0.419 e. The molecule has 2 atom stereocenters. The van der Waals surface area contributed by atoms with Gasteiger partial charge in [0.15, 0.2) is 0 Å². The van der Waals surface area contributed by atoms with Crippen molar-refractivity contribution < 1.29 is 9.34 Å². The molecule has 0 aliphatic heterocycles. The quantitative estimate of drug-likeness (QED) is 0.497. The van der Waals surface area contributed by atoms with E-state index in [0.29, 0.717) is 22.4 Å². The summed E-state index contributed by atoms with van der Waals surface area (Å²) in [6.07, 6.45) is 0. The Hall–Kier alpha value is -2.77. The van der Waals surface area contributed by atoms with Gasteiger partial charge in [0.1, 0.15) is 0 Å². The van der Waals surface area contributed by atoms with E-state index in [1.165, 1.54) is 12.1 Å². The van der Waals surface area contributed by atoms with Gasteiger partial charge >= 0.3 is 0 Å². The average molecular weight is 373 g/mol. The molecule has 0 amide bonds. The minimum Gasteiger partial charge on any atom is -0.419 e. The third kappa shape index (κ3) is 4.07. The van der Waals surface area contributed by atoms with Gasteiger partial charge in [-0.05, 0) is 43.7 Å². The van der Waals surface area contributed by atoms with E-state index in [9.17, 15) is 10.1 Å². The van der Waals surface area contributed by atoms with Crippen LogP contribution in [0.3, 0.4) is 0 Å². The molecule has 0 bridgehead atoms. The number of nitrogens with one attached hydrogen (secondary N) is 1. The maximum atomic E-state index is 10.7. The topological polar surface area (TPSA) is 94.1 Å². The van der Waals surface area contributed by atoms with Crippen LogP contribution < -0.4 is 5.32 Å². The number of non-ortho nitro benzene ring substituents is 1. The molecule has 0 radical (unpaired) electrons. The molecule has 3 aromatic rings. The Balaban J connectivity index is 1.71. The predicted octanol–water partition coefficient (Wildman–Crippen LogP) is 4.71. The fourth-order valence-corrected chi connectivity index (χ4v) is 2.77. The van der Waals surface area contributed by atoms with Crippen molar-refractivity contribution in [3.63, 3.8) is 0 Å². The zero-order chi connectivity index (χ0) is 18.7. The number of aromatic nitrogens is 2. The summed E-state index contributed by atoms with van der Waals surface area (Å²) in [5, 5.41) is 22.9. The van der Waals surface area contributed by atoms with Crippen LogP contribution in [0.25, 0.3) is 11.5 Å². The molecule has 0 aliphatic rings. The second-order valence-electron chi connectivity index (χ2n) is 5.91. The Kier molecular flexibility index (Phi) is 5.29. The van der Waals surface area contributed by atoms with Gasteiger partial charge in [-0.1, -0.05) is 23.7 Å². The van der Waals surface area contributed by atoms with Gasteiger partial charge in [-0.2, -0.15) is 0 Å². The first-order chi connectivity index (χ1) is 12.4. The SMILES string of the molecule is C[C@H](N[C@@H](C)c1nnc(-c2ccc([N+](=O)[O-])cc2)o1)c1cccc(Cl)c1. The first kappa shape index (κ1) is 18.0. The normalized spacial score (nSPS) is 13.3. The van der Waals surface area contributed by atoms with Crippen LogP contribution in [0.4, 0.5) is 5.69 Å². The third-order valence-electron chi connectivity index (χ3n) is 3.98.